The Morgan fingerprint density at radius 2 is 1.95 bits per heavy atom. The topological polar surface area (TPSA) is 43.1 Å². The molecular formula is C15H21Cl2NO. The highest BCUT2D eigenvalue weighted by Crippen LogP contribution is 2.23. The van der Waals surface area contributed by atoms with E-state index in [1.165, 1.54) is 0 Å². The van der Waals surface area contributed by atoms with Crippen molar-refractivity contribution in [2.24, 2.45) is 11.1 Å². The van der Waals surface area contributed by atoms with Crippen LogP contribution in [0.5, 0.6) is 0 Å². The predicted octanol–water partition coefficient (Wildman–Crippen LogP) is 4.26. The molecule has 1 rings (SSSR count). The van der Waals surface area contributed by atoms with E-state index in [2.05, 4.69) is 20.8 Å². The molecule has 1 aromatic carbocycles. The first-order valence-corrected chi connectivity index (χ1v) is 7.14. The van der Waals surface area contributed by atoms with E-state index < -0.39 is 0 Å². The van der Waals surface area contributed by atoms with Crippen LogP contribution in [0.1, 0.15) is 39.2 Å². The number of nitrogens with two attached hydrogens (primary N) is 1. The number of carbonyl (C=O) groups excluding carboxylic acids is 1. The van der Waals surface area contributed by atoms with Crippen LogP contribution >= 0.6 is 23.2 Å². The Morgan fingerprint density at radius 1 is 1.32 bits per heavy atom. The van der Waals surface area contributed by atoms with Crippen molar-refractivity contribution in [3.05, 3.63) is 33.8 Å². The van der Waals surface area contributed by atoms with Crippen molar-refractivity contribution in [1.82, 2.24) is 0 Å². The van der Waals surface area contributed by atoms with Crippen molar-refractivity contribution >= 4 is 29.0 Å². The SMILES string of the molecule is CC(C)(C)CC(N)CC(=O)Cc1ccc(Cl)cc1Cl. The molecule has 0 aliphatic rings. The number of hydrogen-bond donors (Lipinski definition) is 1. The standard InChI is InChI=1S/C15H21Cl2NO/c1-15(2,3)9-12(18)8-13(19)6-10-4-5-11(16)7-14(10)17/h4-5,7,12H,6,8-9,18H2,1-3H3. The van der Waals surface area contributed by atoms with Gasteiger partial charge in [-0.15, -0.1) is 0 Å². The lowest BCUT2D eigenvalue weighted by molar-refractivity contribution is -0.118. The Morgan fingerprint density at radius 3 is 2.47 bits per heavy atom. The average Bonchev–Trinajstić information content (AvgIpc) is 2.19. The second kappa shape index (κ2) is 6.74. The molecule has 106 valence electrons. The number of ketones is 1. The third-order valence-corrected chi connectivity index (χ3v) is 3.35. The molecule has 0 saturated carbocycles. The van der Waals surface area contributed by atoms with E-state index >= 15 is 0 Å². The number of hydrogen-bond acceptors (Lipinski definition) is 2. The molecule has 1 atom stereocenters. The minimum absolute atomic E-state index is 0.0985. The van der Waals surface area contributed by atoms with E-state index in [0.29, 0.717) is 22.9 Å². The zero-order valence-corrected chi connectivity index (χ0v) is 13.2. The minimum atomic E-state index is -0.0985. The van der Waals surface area contributed by atoms with Crippen molar-refractivity contribution < 1.29 is 4.79 Å². The molecule has 0 heterocycles. The molecule has 0 spiro atoms. The molecule has 0 amide bonds. The van der Waals surface area contributed by atoms with Crippen LogP contribution in [0.15, 0.2) is 18.2 Å². The van der Waals surface area contributed by atoms with Crippen molar-refractivity contribution in [2.45, 2.75) is 46.1 Å². The number of rotatable bonds is 5. The Hall–Kier alpha value is -0.570. The largest absolute Gasteiger partial charge is 0.327 e. The molecule has 0 aliphatic carbocycles. The van der Waals surface area contributed by atoms with Crippen LogP contribution in [-0.4, -0.2) is 11.8 Å². The zero-order valence-electron chi connectivity index (χ0n) is 11.7. The van der Waals surface area contributed by atoms with Gasteiger partial charge in [-0.2, -0.15) is 0 Å². The van der Waals surface area contributed by atoms with Crippen molar-refractivity contribution in [1.29, 1.82) is 0 Å². The van der Waals surface area contributed by atoms with Crippen LogP contribution < -0.4 is 5.73 Å². The summed E-state index contributed by atoms with van der Waals surface area (Å²) < 4.78 is 0. The normalized spacial score (nSPS) is 13.4. The lowest BCUT2D eigenvalue weighted by Gasteiger charge is -2.22. The number of carbonyl (C=O) groups is 1. The summed E-state index contributed by atoms with van der Waals surface area (Å²) in [6, 6.07) is 5.09. The van der Waals surface area contributed by atoms with Gasteiger partial charge in [0.1, 0.15) is 5.78 Å². The van der Waals surface area contributed by atoms with Gasteiger partial charge in [0.05, 0.1) is 0 Å². The predicted molar refractivity (Wildman–Crippen MR) is 81.8 cm³/mol. The first-order chi connectivity index (χ1) is 8.67. The molecular weight excluding hydrogens is 281 g/mol. The molecule has 0 aliphatic heterocycles. The Balaban J connectivity index is 2.56. The molecule has 0 bridgehead atoms. The fraction of sp³-hybridized carbons (Fsp3) is 0.533. The van der Waals surface area contributed by atoms with Crippen LogP contribution in [0.2, 0.25) is 10.0 Å². The summed E-state index contributed by atoms with van der Waals surface area (Å²) in [6.07, 6.45) is 1.52. The molecule has 0 radical (unpaired) electrons. The Labute approximate surface area is 125 Å². The maximum atomic E-state index is 12.0. The smallest absolute Gasteiger partial charge is 0.138 e. The molecule has 1 unspecified atom stereocenters. The number of halogens is 2. The van der Waals surface area contributed by atoms with Gasteiger partial charge in [-0.05, 0) is 29.5 Å². The maximum absolute atomic E-state index is 12.0. The van der Waals surface area contributed by atoms with Crippen LogP contribution in [0, 0.1) is 5.41 Å². The fourth-order valence-electron chi connectivity index (χ4n) is 2.10. The zero-order chi connectivity index (χ0) is 14.6. The quantitative estimate of drug-likeness (QED) is 0.883. The van der Waals surface area contributed by atoms with Gasteiger partial charge in [-0.3, -0.25) is 4.79 Å². The monoisotopic (exact) mass is 301 g/mol. The van der Waals surface area contributed by atoms with E-state index in [0.717, 1.165) is 12.0 Å². The summed E-state index contributed by atoms with van der Waals surface area (Å²) in [5.74, 6) is 0.112. The minimum Gasteiger partial charge on any atom is -0.327 e. The van der Waals surface area contributed by atoms with Crippen molar-refractivity contribution in [3.8, 4) is 0 Å². The Kier molecular flexibility index (Phi) is 5.84. The highest BCUT2D eigenvalue weighted by molar-refractivity contribution is 6.35. The highest BCUT2D eigenvalue weighted by atomic mass is 35.5. The van der Waals surface area contributed by atoms with E-state index in [9.17, 15) is 4.79 Å². The summed E-state index contributed by atoms with van der Waals surface area (Å²) in [7, 11) is 0. The summed E-state index contributed by atoms with van der Waals surface area (Å²) in [4.78, 5) is 12.0. The second-order valence-corrected chi connectivity index (χ2v) is 7.02. The lowest BCUT2D eigenvalue weighted by Crippen LogP contribution is -2.29. The van der Waals surface area contributed by atoms with Crippen LogP contribution in [0.3, 0.4) is 0 Å². The third-order valence-electron chi connectivity index (χ3n) is 2.77. The average molecular weight is 302 g/mol. The molecule has 2 nitrogen and oxygen atoms in total. The van der Waals surface area contributed by atoms with Gasteiger partial charge in [0.15, 0.2) is 0 Å². The van der Waals surface area contributed by atoms with Gasteiger partial charge in [0.2, 0.25) is 0 Å². The van der Waals surface area contributed by atoms with E-state index in [-0.39, 0.29) is 17.2 Å². The van der Waals surface area contributed by atoms with Crippen LogP contribution in [0.4, 0.5) is 0 Å². The fourth-order valence-corrected chi connectivity index (χ4v) is 2.58. The molecule has 4 heteroatoms. The summed E-state index contributed by atoms with van der Waals surface area (Å²) in [6.45, 7) is 6.36. The molecule has 2 N–H and O–H groups in total. The van der Waals surface area contributed by atoms with Gasteiger partial charge in [-0.1, -0.05) is 50.0 Å². The molecule has 0 aromatic heterocycles. The van der Waals surface area contributed by atoms with Gasteiger partial charge < -0.3 is 5.73 Å². The molecule has 0 fully saturated rings. The molecule has 19 heavy (non-hydrogen) atoms. The van der Waals surface area contributed by atoms with E-state index in [1.54, 1.807) is 18.2 Å². The molecule has 1 aromatic rings. The second-order valence-electron chi connectivity index (χ2n) is 6.18. The van der Waals surface area contributed by atoms with Gasteiger partial charge in [0, 0.05) is 28.9 Å². The van der Waals surface area contributed by atoms with Crippen LogP contribution in [-0.2, 0) is 11.2 Å². The first kappa shape index (κ1) is 16.5. The van der Waals surface area contributed by atoms with Crippen LogP contribution in [0.25, 0.3) is 0 Å². The summed E-state index contributed by atoms with van der Waals surface area (Å²) >= 11 is 11.9. The lowest BCUT2D eigenvalue weighted by atomic mass is 9.86. The van der Waals surface area contributed by atoms with Gasteiger partial charge >= 0.3 is 0 Å². The van der Waals surface area contributed by atoms with E-state index in [1.807, 2.05) is 0 Å². The number of Topliss-reactive ketones (excluding diaryl/α,β-unsaturated/α-hetero) is 1. The highest BCUT2D eigenvalue weighted by Gasteiger charge is 2.18. The Bertz CT molecular complexity index is 452. The van der Waals surface area contributed by atoms with Crippen molar-refractivity contribution in [3.63, 3.8) is 0 Å². The van der Waals surface area contributed by atoms with Crippen molar-refractivity contribution in [2.75, 3.05) is 0 Å². The van der Waals surface area contributed by atoms with E-state index in [4.69, 9.17) is 28.9 Å². The number of benzene rings is 1. The summed E-state index contributed by atoms with van der Waals surface area (Å²) in [5.41, 5.74) is 6.94. The first-order valence-electron chi connectivity index (χ1n) is 6.38. The van der Waals surface area contributed by atoms with Gasteiger partial charge in [-0.25, -0.2) is 0 Å². The molecule has 0 saturated heterocycles. The third kappa shape index (κ3) is 6.42. The van der Waals surface area contributed by atoms with Gasteiger partial charge in [0.25, 0.3) is 0 Å². The maximum Gasteiger partial charge on any atom is 0.138 e. The summed E-state index contributed by atoms with van der Waals surface area (Å²) in [5, 5.41) is 1.11.